The summed E-state index contributed by atoms with van der Waals surface area (Å²) in [5.41, 5.74) is -0.500. The highest BCUT2D eigenvalue weighted by molar-refractivity contribution is 9.10. The van der Waals surface area contributed by atoms with Crippen LogP contribution in [0.2, 0.25) is 0 Å². The van der Waals surface area contributed by atoms with Crippen LogP contribution in [-0.2, 0) is 0 Å². The van der Waals surface area contributed by atoms with Gasteiger partial charge >= 0.3 is 0 Å². The second-order valence-electron chi connectivity index (χ2n) is 5.43. The lowest BCUT2D eigenvalue weighted by atomic mass is 9.93. The second kappa shape index (κ2) is 6.20. The zero-order valence-electron chi connectivity index (χ0n) is 11.6. The lowest BCUT2D eigenvalue weighted by Crippen LogP contribution is -2.38. The van der Waals surface area contributed by atoms with E-state index in [9.17, 15) is 13.6 Å². The van der Waals surface area contributed by atoms with Crippen LogP contribution in [0.4, 0.5) is 8.78 Å². The molecule has 110 valence electrons. The standard InChI is InChI=1S/C15H18BrF2NO/c1-3-9-4-5-13(8(9)2)19-15(20)14-11(17)6-10(16)7-12(14)18/h6-9,13H,3-5H2,1-2H3,(H,19,20). The number of carbonyl (C=O) groups is 1. The van der Waals surface area contributed by atoms with Gasteiger partial charge in [0.2, 0.25) is 0 Å². The lowest BCUT2D eigenvalue weighted by molar-refractivity contribution is 0.0918. The van der Waals surface area contributed by atoms with Crippen molar-refractivity contribution in [3.63, 3.8) is 0 Å². The van der Waals surface area contributed by atoms with E-state index >= 15 is 0 Å². The van der Waals surface area contributed by atoms with Crippen LogP contribution < -0.4 is 5.32 Å². The van der Waals surface area contributed by atoms with Gasteiger partial charge in [-0.05, 0) is 36.8 Å². The van der Waals surface area contributed by atoms with Crippen molar-refractivity contribution in [3.8, 4) is 0 Å². The second-order valence-corrected chi connectivity index (χ2v) is 6.34. The quantitative estimate of drug-likeness (QED) is 0.870. The molecule has 1 aliphatic carbocycles. The summed E-state index contributed by atoms with van der Waals surface area (Å²) in [4.78, 5) is 12.1. The molecule has 2 nitrogen and oxygen atoms in total. The van der Waals surface area contributed by atoms with Crippen LogP contribution in [0.5, 0.6) is 0 Å². The number of carbonyl (C=O) groups excluding carboxylic acids is 1. The SMILES string of the molecule is CCC1CCC(NC(=O)c2c(F)cc(Br)cc2F)C1C. The summed E-state index contributed by atoms with van der Waals surface area (Å²) < 4.78 is 27.8. The minimum Gasteiger partial charge on any atom is -0.349 e. The van der Waals surface area contributed by atoms with Crippen molar-refractivity contribution in [2.75, 3.05) is 0 Å². The molecule has 1 saturated carbocycles. The first kappa shape index (κ1) is 15.4. The Kier molecular flexibility index (Phi) is 4.78. The molecule has 0 aromatic heterocycles. The van der Waals surface area contributed by atoms with Gasteiger partial charge in [0.1, 0.15) is 17.2 Å². The van der Waals surface area contributed by atoms with Crippen molar-refractivity contribution in [3.05, 3.63) is 33.8 Å². The fraction of sp³-hybridized carbons (Fsp3) is 0.533. The van der Waals surface area contributed by atoms with Gasteiger partial charge in [0.25, 0.3) is 5.91 Å². The number of amides is 1. The lowest BCUT2D eigenvalue weighted by Gasteiger charge is -2.21. The molecule has 2 rings (SSSR count). The minimum atomic E-state index is -0.841. The van der Waals surface area contributed by atoms with Gasteiger partial charge in [0, 0.05) is 10.5 Å². The predicted octanol–water partition coefficient (Wildman–Crippen LogP) is 4.28. The number of rotatable bonds is 3. The summed E-state index contributed by atoms with van der Waals surface area (Å²) in [6.07, 6.45) is 2.98. The molecule has 3 atom stereocenters. The normalized spacial score (nSPS) is 25.8. The largest absolute Gasteiger partial charge is 0.349 e. The van der Waals surface area contributed by atoms with Gasteiger partial charge in [0.15, 0.2) is 0 Å². The summed E-state index contributed by atoms with van der Waals surface area (Å²) in [7, 11) is 0. The van der Waals surface area contributed by atoms with Gasteiger partial charge in [-0.3, -0.25) is 4.79 Å². The summed E-state index contributed by atoms with van der Waals surface area (Å²) in [5, 5.41) is 2.78. The topological polar surface area (TPSA) is 29.1 Å². The Morgan fingerprint density at radius 3 is 2.45 bits per heavy atom. The predicted molar refractivity (Wildman–Crippen MR) is 77.5 cm³/mol. The molecule has 0 heterocycles. The highest BCUT2D eigenvalue weighted by Crippen LogP contribution is 2.34. The van der Waals surface area contributed by atoms with E-state index in [0.717, 1.165) is 31.4 Å². The Balaban J connectivity index is 2.14. The van der Waals surface area contributed by atoms with Crippen LogP contribution in [0.3, 0.4) is 0 Å². The molecule has 1 aliphatic rings. The van der Waals surface area contributed by atoms with Crippen LogP contribution in [0.15, 0.2) is 16.6 Å². The highest BCUT2D eigenvalue weighted by Gasteiger charge is 2.33. The molecule has 0 aliphatic heterocycles. The molecule has 0 bridgehead atoms. The van der Waals surface area contributed by atoms with Gasteiger partial charge < -0.3 is 5.32 Å². The van der Waals surface area contributed by atoms with Gasteiger partial charge in [-0.2, -0.15) is 0 Å². The van der Waals surface area contributed by atoms with Crippen molar-refractivity contribution in [1.29, 1.82) is 0 Å². The number of nitrogens with one attached hydrogen (secondary N) is 1. The van der Waals surface area contributed by atoms with Crippen LogP contribution in [-0.4, -0.2) is 11.9 Å². The fourth-order valence-electron chi connectivity index (χ4n) is 3.03. The van der Waals surface area contributed by atoms with E-state index in [-0.39, 0.29) is 10.5 Å². The first-order chi connectivity index (χ1) is 9.43. The third-order valence-corrected chi connectivity index (χ3v) is 4.76. The van der Waals surface area contributed by atoms with E-state index in [0.29, 0.717) is 11.8 Å². The maximum absolute atomic E-state index is 13.7. The Hall–Kier alpha value is -0.970. The maximum Gasteiger partial charge on any atom is 0.257 e. The molecular formula is C15H18BrF2NO. The van der Waals surface area contributed by atoms with E-state index in [1.165, 1.54) is 0 Å². The monoisotopic (exact) mass is 345 g/mol. The molecule has 1 fully saturated rings. The number of benzene rings is 1. The number of halogens is 3. The highest BCUT2D eigenvalue weighted by atomic mass is 79.9. The molecule has 1 amide bonds. The third-order valence-electron chi connectivity index (χ3n) is 4.30. The molecule has 1 N–H and O–H groups in total. The van der Waals surface area contributed by atoms with E-state index in [4.69, 9.17) is 0 Å². The van der Waals surface area contributed by atoms with E-state index in [1.807, 2.05) is 0 Å². The van der Waals surface area contributed by atoms with Gasteiger partial charge in [-0.15, -0.1) is 0 Å². The van der Waals surface area contributed by atoms with Crippen LogP contribution in [0.25, 0.3) is 0 Å². The summed E-state index contributed by atoms with van der Waals surface area (Å²) >= 11 is 3.00. The minimum absolute atomic E-state index is 0.00473. The number of hydrogen-bond donors (Lipinski definition) is 1. The van der Waals surface area contributed by atoms with Crippen LogP contribution >= 0.6 is 15.9 Å². The van der Waals surface area contributed by atoms with Gasteiger partial charge in [0.05, 0.1) is 0 Å². The van der Waals surface area contributed by atoms with Crippen molar-refractivity contribution in [2.45, 2.75) is 39.2 Å². The molecule has 0 spiro atoms. The smallest absolute Gasteiger partial charge is 0.257 e. The van der Waals surface area contributed by atoms with Crippen LogP contribution in [0, 0.1) is 23.5 Å². The molecular weight excluding hydrogens is 328 g/mol. The average Bonchev–Trinajstić information content (AvgIpc) is 2.69. The molecule has 0 radical (unpaired) electrons. The molecule has 1 aromatic carbocycles. The van der Waals surface area contributed by atoms with Crippen molar-refractivity contribution >= 4 is 21.8 Å². The van der Waals surface area contributed by atoms with E-state index < -0.39 is 23.1 Å². The van der Waals surface area contributed by atoms with Gasteiger partial charge in [-0.25, -0.2) is 8.78 Å². The number of hydrogen-bond acceptors (Lipinski definition) is 1. The van der Waals surface area contributed by atoms with Crippen molar-refractivity contribution in [2.24, 2.45) is 11.8 Å². The molecule has 1 aromatic rings. The van der Waals surface area contributed by atoms with Crippen LogP contribution in [0.1, 0.15) is 43.5 Å². The molecule has 5 heteroatoms. The maximum atomic E-state index is 13.7. The van der Waals surface area contributed by atoms with Gasteiger partial charge in [-0.1, -0.05) is 36.2 Å². The van der Waals surface area contributed by atoms with Crippen molar-refractivity contribution < 1.29 is 13.6 Å². The summed E-state index contributed by atoms with van der Waals surface area (Å²) in [6, 6.07) is 2.20. The summed E-state index contributed by atoms with van der Waals surface area (Å²) in [6.45, 7) is 4.21. The molecule has 0 saturated heterocycles. The first-order valence-corrected chi connectivity index (χ1v) is 7.68. The zero-order chi connectivity index (χ0) is 14.9. The Morgan fingerprint density at radius 2 is 1.95 bits per heavy atom. The Bertz CT molecular complexity index is 498. The summed E-state index contributed by atoms with van der Waals surface area (Å²) in [5.74, 6) is -1.44. The van der Waals surface area contributed by atoms with E-state index in [1.54, 1.807) is 0 Å². The molecule has 3 unspecified atom stereocenters. The first-order valence-electron chi connectivity index (χ1n) is 6.89. The zero-order valence-corrected chi connectivity index (χ0v) is 13.1. The average molecular weight is 346 g/mol. The van der Waals surface area contributed by atoms with E-state index in [2.05, 4.69) is 35.1 Å². The fourth-order valence-corrected chi connectivity index (χ4v) is 3.43. The van der Waals surface area contributed by atoms with Crippen molar-refractivity contribution in [1.82, 2.24) is 5.32 Å². The molecule has 20 heavy (non-hydrogen) atoms. The Labute approximate surface area is 126 Å². The third kappa shape index (κ3) is 3.03. The Morgan fingerprint density at radius 1 is 1.35 bits per heavy atom.